The average molecular weight is 231 g/mol. The van der Waals surface area contributed by atoms with E-state index in [0.29, 0.717) is 11.4 Å². The standard InChI is InChI=1S/C11H16ClFN2/c1-15(2)8-3-4-9(10(12)7-8)11(14)5-6-13/h3-4,7,11H,5-6,14H2,1-2H3/t11-/m0/s1. The Morgan fingerprint density at radius 2 is 2.13 bits per heavy atom. The van der Waals surface area contributed by atoms with Crippen LogP contribution in [-0.4, -0.2) is 20.8 Å². The van der Waals surface area contributed by atoms with Gasteiger partial charge in [0.2, 0.25) is 0 Å². The molecule has 1 rings (SSSR count). The number of benzene rings is 1. The van der Waals surface area contributed by atoms with Crippen LogP contribution in [0.25, 0.3) is 0 Å². The van der Waals surface area contributed by atoms with Crippen molar-refractivity contribution < 1.29 is 4.39 Å². The molecule has 0 radical (unpaired) electrons. The molecule has 2 nitrogen and oxygen atoms in total. The van der Waals surface area contributed by atoms with Crippen molar-refractivity contribution in [3.8, 4) is 0 Å². The lowest BCUT2D eigenvalue weighted by molar-refractivity contribution is 0.442. The van der Waals surface area contributed by atoms with Crippen LogP contribution >= 0.6 is 11.6 Å². The van der Waals surface area contributed by atoms with Gasteiger partial charge in [-0.2, -0.15) is 0 Å². The first-order valence-electron chi connectivity index (χ1n) is 4.84. The van der Waals surface area contributed by atoms with Crippen LogP contribution in [-0.2, 0) is 0 Å². The number of hydrogen-bond acceptors (Lipinski definition) is 2. The summed E-state index contributed by atoms with van der Waals surface area (Å²) >= 11 is 6.07. The second kappa shape index (κ2) is 5.33. The van der Waals surface area contributed by atoms with Crippen molar-refractivity contribution >= 4 is 17.3 Å². The Morgan fingerprint density at radius 1 is 1.47 bits per heavy atom. The highest BCUT2D eigenvalue weighted by molar-refractivity contribution is 6.31. The molecule has 0 saturated heterocycles. The number of anilines is 1. The monoisotopic (exact) mass is 230 g/mol. The minimum Gasteiger partial charge on any atom is -0.378 e. The van der Waals surface area contributed by atoms with Crippen LogP contribution in [0.3, 0.4) is 0 Å². The van der Waals surface area contributed by atoms with Gasteiger partial charge in [0.05, 0.1) is 6.67 Å². The summed E-state index contributed by atoms with van der Waals surface area (Å²) in [5.74, 6) is 0. The zero-order valence-electron chi connectivity index (χ0n) is 9.00. The molecular formula is C11H16ClFN2. The SMILES string of the molecule is CN(C)c1ccc([C@@H](N)CCF)c(Cl)c1. The maximum Gasteiger partial charge on any atom is 0.0912 e. The quantitative estimate of drug-likeness (QED) is 0.862. The Balaban J connectivity index is 2.92. The summed E-state index contributed by atoms with van der Waals surface area (Å²) < 4.78 is 12.1. The minimum atomic E-state index is -0.424. The Kier molecular flexibility index (Phi) is 4.36. The van der Waals surface area contributed by atoms with Gasteiger partial charge in [-0.15, -0.1) is 0 Å². The van der Waals surface area contributed by atoms with Crippen molar-refractivity contribution in [2.75, 3.05) is 25.7 Å². The number of rotatable bonds is 4. The molecule has 1 aromatic rings. The molecule has 0 spiro atoms. The van der Waals surface area contributed by atoms with E-state index in [1.165, 1.54) is 0 Å². The van der Waals surface area contributed by atoms with Gasteiger partial charge in [0.1, 0.15) is 0 Å². The molecule has 15 heavy (non-hydrogen) atoms. The second-order valence-corrected chi connectivity index (χ2v) is 4.09. The lowest BCUT2D eigenvalue weighted by atomic mass is 10.0. The zero-order chi connectivity index (χ0) is 11.4. The van der Waals surface area contributed by atoms with E-state index in [0.717, 1.165) is 11.3 Å². The van der Waals surface area contributed by atoms with Crippen molar-refractivity contribution in [2.24, 2.45) is 5.73 Å². The molecule has 1 aromatic carbocycles. The van der Waals surface area contributed by atoms with Gasteiger partial charge in [0, 0.05) is 30.8 Å². The molecule has 0 fully saturated rings. The van der Waals surface area contributed by atoms with E-state index in [2.05, 4.69) is 0 Å². The first-order valence-corrected chi connectivity index (χ1v) is 5.22. The predicted octanol–water partition coefficient (Wildman–Crippen LogP) is 2.77. The van der Waals surface area contributed by atoms with Crippen LogP contribution in [0.15, 0.2) is 18.2 Å². The fraction of sp³-hybridized carbons (Fsp3) is 0.455. The summed E-state index contributed by atoms with van der Waals surface area (Å²) in [4.78, 5) is 1.95. The van der Waals surface area contributed by atoms with E-state index >= 15 is 0 Å². The second-order valence-electron chi connectivity index (χ2n) is 3.68. The highest BCUT2D eigenvalue weighted by Crippen LogP contribution is 2.27. The van der Waals surface area contributed by atoms with Gasteiger partial charge in [-0.05, 0) is 24.1 Å². The fourth-order valence-electron chi connectivity index (χ4n) is 1.37. The predicted molar refractivity (Wildman–Crippen MR) is 63.3 cm³/mol. The number of halogens is 2. The smallest absolute Gasteiger partial charge is 0.0912 e. The maximum absolute atomic E-state index is 12.1. The largest absolute Gasteiger partial charge is 0.378 e. The van der Waals surface area contributed by atoms with Crippen LogP contribution in [0, 0.1) is 0 Å². The Labute approximate surface area is 94.8 Å². The first-order chi connectivity index (χ1) is 7.06. The summed E-state index contributed by atoms with van der Waals surface area (Å²) in [5, 5.41) is 0.599. The van der Waals surface area contributed by atoms with Gasteiger partial charge < -0.3 is 10.6 Å². The number of nitrogens with two attached hydrogens (primary N) is 1. The van der Waals surface area contributed by atoms with Crippen LogP contribution in [0.5, 0.6) is 0 Å². The van der Waals surface area contributed by atoms with Gasteiger partial charge in [0.25, 0.3) is 0 Å². The molecule has 0 amide bonds. The van der Waals surface area contributed by atoms with Gasteiger partial charge in [0.15, 0.2) is 0 Å². The highest BCUT2D eigenvalue weighted by Gasteiger charge is 2.10. The average Bonchev–Trinajstić information content (AvgIpc) is 2.17. The van der Waals surface area contributed by atoms with Crippen molar-refractivity contribution in [2.45, 2.75) is 12.5 Å². The highest BCUT2D eigenvalue weighted by atomic mass is 35.5. The third-order valence-corrected chi connectivity index (χ3v) is 2.65. The fourth-order valence-corrected chi connectivity index (χ4v) is 1.68. The Hall–Kier alpha value is -0.800. The number of alkyl halides is 1. The van der Waals surface area contributed by atoms with Crippen molar-refractivity contribution in [3.63, 3.8) is 0 Å². The van der Waals surface area contributed by atoms with Crippen LogP contribution in [0.2, 0.25) is 5.02 Å². The molecule has 0 aromatic heterocycles. The molecule has 2 N–H and O–H groups in total. The van der Waals surface area contributed by atoms with Crippen LogP contribution in [0.4, 0.5) is 10.1 Å². The zero-order valence-corrected chi connectivity index (χ0v) is 9.76. The molecule has 0 aliphatic carbocycles. The lowest BCUT2D eigenvalue weighted by Crippen LogP contribution is -2.13. The Morgan fingerprint density at radius 3 is 2.60 bits per heavy atom. The molecule has 0 aliphatic rings. The molecule has 0 heterocycles. The summed E-state index contributed by atoms with van der Waals surface area (Å²) in [7, 11) is 3.87. The summed E-state index contributed by atoms with van der Waals surface area (Å²) in [6, 6.07) is 5.31. The third-order valence-electron chi connectivity index (χ3n) is 2.32. The van der Waals surface area contributed by atoms with E-state index in [-0.39, 0.29) is 6.04 Å². The summed E-state index contributed by atoms with van der Waals surface area (Å²) in [6.45, 7) is -0.424. The molecule has 0 unspecified atom stereocenters. The molecule has 0 saturated carbocycles. The molecule has 0 bridgehead atoms. The van der Waals surface area contributed by atoms with Crippen molar-refractivity contribution in [1.29, 1.82) is 0 Å². The first kappa shape index (κ1) is 12.3. The van der Waals surface area contributed by atoms with Crippen LogP contribution < -0.4 is 10.6 Å². The normalized spacial score (nSPS) is 12.6. The van der Waals surface area contributed by atoms with Crippen molar-refractivity contribution in [1.82, 2.24) is 0 Å². The molecule has 4 heteroatoms. The van der Waals surface area contributed by atoms with Gasteiger partial charge in [-0.25, -0.2) is 0 Å². The molecule has 0 aliphatic heterocycles. The van der Waals surface area contributed by atoms with Gasteiger partial charge in [-0.3, -0.25) is 4.39 Å². The van der Waals surface area contributed by atoms with E-state index in [1.54, 1.807) is 0 Å². The van der Waals surface area contributed by atoms with Gasteiger partial charge >= 0.3 is 0 Å². The topological polar surface area (TPSA) is 29.3 Å². The van der Waals surface area contributed by atoms with Crippen LogP contribution in [0.1, 0.15) is 18.0 Å². The molecule has 1 atom stereocenters. The van der Waals surface area contributed by atoms with Gasteiger partial charge in [-0.1, -0.05) is 17.7 Å². The number of hydrogen-bond donors (Lipinski definition) is 1. The summed E-state index contributed by atoms with van der Waals surface area (Å²) in [5.41, 5.74) is 7.61. The summed E-state index contributed by atoms with van der Waals surface area (Å²) in [6.07, 6.45) is 0.307. The van der Waals surface area contributed by atoms with E-state index in [9.17, 15) is 4.39 Å². The van der Waals surface area contributed by atoms with E-state index in [1.807, 2.05) is 37.2 Å². The number of nitrogens with zero attached hydrogens (tertiary/aromatic N) is 1. The lowest BCUT2D eigenvalue weighted by Gasteiger charge is -2.16. The maximum atomic E-state index is 12.1. The molecule has 84 valence electrons. The van der Waals surface area contributed by atoms with E-state index in [4.69, 9.17) is 17.3 Å². The Bertz CT molecular complexity index is 328. The van der Waals surface area contributed by atoms with Crippen molar-refractivity contribution in [3.05, 3.63) is 28.8 Å². The van der Waals surface area contributed by atoms with E-state index < -0.39 is 6.67 Å². The minimum absolute atomic E-state index is 0.307. The third kappa shape index (κ3) is 3.08. The molecular weight excluding hydrogens is 215 g/mol.